The van der Waals surface area contributed by atoms with Gasteiger partial charge in [-0.3, -0.25) is 0 Å². The number of thiazole rings is 1. The number of benzene rings is 2. The van der Waals surface area contributed by atoms with E-state index >= 15 is 0 Å². The molecule has 3 rings (SSSR count). The van der Waals surface area contributed by atoms with Gasteiger partial charge in [0.05, 0.1) is 5.69 Å². The molecule has 3 aromatic rings. The third-order valence-corrected chi connectivity index (χ3v) is 3.96. The van der Waals surface area contributed by atoms with Gasteiger partial charge in [-0.15, -0.1) is 28.3 Å². The predicted octanol–water partition coefficient (Wildman–Crippen LogP) is 6.09. The monoisotopic (exact) mass is 380 g/mol. The van der Waals surface area contributed by atoms with Crippen LogP contribution in [0.15, 0.2) is 53.9 Å². The minimum absolute atomic E-state index is 0. The van der Waals surface area contributed by atoms with Crippen LogP contribution in [-0.4, -0.2) is 4.98 Å². The normalized spacial score (nSPS) is 10.0. The van der Waals surface area contributed by atoms with E-state index in [1.165, 1.54) is 5.56 Å². The molecule has 2 aromatic carbocycles. The van der Waals surface area contributed by atoms with Gasteiger partial charge in [-0.05, 0) is 31.2 Å². The molecule has 108 valence electrons. The maximum absolute atomic E-state index is 5.87. The second kappa shape index (κ2) is 7.07. The molecule has 0 aliphatic rings. The quantitative estimate of drug-likeness (QED) is 0.593. The zero-order valence-electron chi connectivity index (χ0n) is 11.3. The minimum Gasteiger partial charge on any atom is -0.332 e. The summed E-state index contributed by atoms with van der Waals surface area (Å²) < 4.78 is 0. The number of nitrogens with one attached hydrogen (secondary N) is 1. The van der Waals surface area contributed by atoms with Crippen molar-refractivity contribution in [2.24, 2.45) is 0 Å². The first-order chi connectivity index (χ1) is 9.70. The first-order valence-corrected chi connectivity index (χ1v) is 7.52. The van der Waals surface area contributed by atoms with Gasteiger partial charge < -0.3 is 5.32 Å². The highest BCUT2D eigenvalue weighted by Crippen LogP contribution is 2.27. The van der Waals surface area contributed by atoms with E-state index in [2.05, 4.69) is 46.9 Å². The summed E-state index contributed by atoms with van der Waals surface area (Å²) in [4.78, 5) is 4.60. The molecular formula is C16H14BrClN2S. The smallest absolute Gasteiger partial charge is 0.187 e. The van der Waals surface area contributed by atoms with Gasteiger partial charge >= 0.3 is 0 Å². The summed E-state index contributed by atoms with van der Waals surface area (Å²) in [6.45, 7) is 2.08. The maximum Gasteiger partial charge on any atom is 0.187 e. The molecule has 0 radical (unpaired) electrons. The lowest BCUT2D eigenvalue weighted by Crippen LogP contribution is -1.89. The third kappa shape index (κ3) is 4.06. The molecule has 0 amide bonds. The van der Waals surface area contributed by atoms with Gasteiger partial charge in [0.2, 0.25) is 0 Å². The lowest BCUT2D eigenvalue weighted by Gasteiger charge is -2.02. The molecule has 1 heterocycles. The Hall–Kier alpha value is -1.36. The Bertz CT molecular complexity index is 708. The summed E-state index contributed by atoms with van der Waals surface area (Å²) in [6, 6.07) is 16.0. The molecule has 21 heavy (non-hydrogen) atoms. The zero-order valence-corrected chi connectivity index (χ0v) is 14.6. The van der Waals surface area contributed by atoms with E-state index in [-0.39, 0.29) is 17.0 Å². The molecule has 5 heteroatoms. The standard InChI is InChI=1S/C16H13ClN2S.BrH/c1-11-2-4-12(5-3-11)15-10-20-16(19-15)18-14-8-6-13(17)7-9-14;/h2-10H,1H3,(H,18,19);1H. The van der Waals surface area contributed by atoms with E-state index in [0.29, 0.717) is 0 Å². The molecule has 0 aliphatic carbocycles. The fourth-order valence-corrected chi connectivity index (χ4v) is 2.71. The molecule has 0 bridgehead atoms. The van der Waals surface area contributed by atoms with Crippen molar-refractivity contribution in [2.75, 3.05) is 5.32 Å². The van der Waals surface area contributed by atoms with Gasteiger partial charge in [-0.1, -0.05) is 41.4 Å². The Morgan fingerprint density at radius 1 is 1.00 bits per heavy atom. The average Bonchev–Trinajstić information content (AvgIpc) is 2.91. The number of aromatic nitrogens is 1. The molecule has 0 fully saturated rings. The van der Waals surface area contributed by atoms with E-state index < -0.39 is 0 Å². The van der Waals surface area contributed by atoms with Crippen LogP contribution in [0.5, 0.6) is 0 Å². The van der Waals surface area contributed by atoms with E-state index in [9.17, 15) is 0 Å². The van der Waals surface area contributed by atoms with Gasteiger partial charge in [0.1, 0.15) is 0 Å². The Morgan fingerprint density at radius 3 is 2.33 bits per heavy atom. The van der Waals surface area contributed by atoms with Gasteiger partial charge in [0.25, 0.3) is 0 Å². The average molecular weight is 382 g/mol. The topological polar surface area (TPSA) is 24.9 Å². The lowest BCUT2D eigenvalue weighted by atomic mass is 10.1. The maximum atomic E-state index is 5.87. The number of halogens is 2. The van der Waals surface area contributed by atoms with Crippen LogP contribution >= 0.6 is 39.9 Å². The summed E-state index contributed by atoms with van der Waals surface area (Å²) in [7, 11) is 0. The van der Waals surface area contributed by atoms with Gasteiger partial charge in [-0.2, -0.15) is 0 Å². The molecular weight excluding hydrogens is 368 g/mol. The van der Waals surface area contributed by atoms with Gasteiger partial charge in [0.15, 0.2) is 5.13 Å². The van der Waals surface area contributed by atoms with E-state index in [1.807, 2.05) is 24.3 Å². The molecule has 0 saturated carbocycles. The molecule has 1 N–H and O–H groups in total. The van der Waals surface area contributed by atoms with E-state index in [4.69, 9.17) is 11.6 Å². The Morgan fingerprint density at radius 2 is 1.67 bits per heavy atom. The highest BCUT2D eigenvalue weighted by Gasteiger charge is 2.04. The number of hydrogen-bond donors (Lipinski definition) is 1. The van der Waals surface area contributed by atoms with Crippen molar-refractivity contribution in [2.45, 2.75) is 6.92 Å². The molecule has 0 saturated heterocycles. The fraction of sp³-hybridized carbons (Fsp3) is 0.0625. The van der Waals surface area contributed by atoms with Gasteiger partial charge in [-0.25, -0.2) is 4.98 Å². The molecule has 0 unspecified atom stereocenters. The largest absolute Gasteiger partial charge is 0.332 e. The number of rotatable bonds is 3. The summed E-state index contributed by atoms with van der Waals surface area (Å²) >= 11 is 7.46. The summed E-state index contributed by atoms with van der Waals surface area (Å²) in [6.07, 6.45) is 0. The van der Waals surface area contributed by atoms with Crippen LogP contribution in [-0.2, 0) is 0 Å². The molecule has 0 aliphatic heterocycles. The van der Waals surface area contributed by atoms with Crippen LogP contribution in [0, 0.1) is 6.92 Å². The van der Waals surface area contributed by atoms with Crippen molar-refractivity contribution < 1.29 is 0 Å². The molecule has 2 nitrogen and oxygen atoms in total. The summed E-state index contributed by atoms with van der Waals surface area (Å²) in [5.74, 6) is 0. The number of anilines is 2. The zero-order chi connectivity index (χ0) is 13.9. The fourth-order valence-electron chi connectivity index (χ4n) is 1.84. The van der Waals surface area contributed by atoms with Crippen molar-refractivity contribution in [3.05, 3.63) is 64.5 Å². The van der Waals surface area contributed by atoms with Crippen LogP contribution in [0.2, 0.25) is 5.02 Å². The van der Waals surface area contributed by atoms with Crippen molar-refractivity contribution in [3.8, 4) is 11.3 Å². The molecule has 0 atom stereocenters. The predicted molar refractivity (Wildman–Crippen MR) is 97.3 cm³/mol. The highest BCUT2D eigenvalue weighted by molar-refractivity contribution is 8.93. The van der Waals surface area contributed by atoms with Crippen LogP contribution in [0.25, 0.3) is 11.3 Å². The van der Waals surface area contributed by atoms with Crippen LogP contribution < -0.4 is 5.32 Å². The Balaban J connectivity index is 0.00000161. The summed E-state index contributed by atoms with van der Waals surface area (Å²) in [5, 5.41) is 6.95. The first kappa shape index (κ1) is 16.0. The van der Waals surface area contributed by atoms with Crippen LogP contribution in [0.1, 0.15) is 5.56 Å². The van der Waals surface area contributed by atoms with Crippen molar-refractivity contribution in [1.82, 2.24) is 4.98 Å². The van der Waals surface area contributed by atoms with Crippen LogP contribution in [0.4, 0.5) is 10.8 Å². The molecule has 1 aromatic heterocycles. The highest BCUT2D eigenvalue weighted by atomic mass is 79.9. The van der Waals surface area contributed by atoms with Crippen LogP contribution in [0.3, 0.4) is 0 Å². The SMILES string of the molecule is Br.Cc1ccc(-c2csc(Nc3ccc(Cl)cc3)n2)cc1. The lowest BCUT2D eigenvalue weighted by molar-refractivity contribution is 1.37. The second-order valence-corrected chi connectivity index (χ2v) is 5.83. The van der Waals surface area contributed by atoms with E-state index in [0.717, 1.165) is 27.1 Å². The molecule has 0 spiro atoms. The van der Waals surface area contributed by atoms with Crippen molar-refractivity contribution in [3.63, 3.8) is 0 Å². The van der Waals surface area contributed by atoms with Crippen molar-refractivity contribution >= 4 is 50.7 Å². The number of aryl methyl sites for hydroxylation is 1. The Labute approximate surface area is 143 Å². The minimum atomic E-state index is 0. The van der Waals surface area contributed by atoms with Crippen molar-refractivity contribution in [1.29, 1.82) is 0 Å². The van der Waals surface area contributed by atoms with Gasteiger partial charge in [0, 0.05) is 21.7 Å². The summed E-state index contributed by atoms with van der Waals surface area (Å²) in [5.41, 5.74) is 4.37. The second-order valence-electron chi connectivity index (χ2n) is 4.54. The number of nitrogens with zero attached hydrogens (tertiary/aromatic N) is 1. The first-order valence-electron chi connectivity index (χ1n) is 6.26. The number of hydrogen-bond acceptors (Lipinski definition) is 3. The Kier molecular flexibility index (Phi) is 5.39. The third-order valence-electron chi connectivity index (χ3n) is 2.95. The van der Waals surface area contributed by atoms with E-state index in [1.54, 1.807) is 11.3 Å².